The lowest BCUT2D eigenvalue weighted by atomic mass is 9.85. The van der Waals surface area contributed by atoms with Crippen molar-refractivity contribution < 1.29 is 0 Å². The van der Waals surface area contributed by atoms with E-state index in [9.17, 15) is 0 Å². The molecule has 1 heteroatoms. The minimum atomic E-state index is 0.676. The molecule has 0 N–H and O–H groups in total. The molecule has 0 radical (unpaired) electrons. The van der Waals surface area contributed by atoms with Crippen molar-refractivity contribution in [3.63, 3.8) is 0 Å². The van der Waals surface area contributed by atoms with Crippen LogP contribution in [0.3, 0.4) is 0 Å². The molecule has 1 saturated carbocycles. The third kappa shape index (κ3) is 3.35. The van der Waals surface area contributed by atoms with Crippen molar-refractivity contribution in [3.8, 4) is 0 Å². The fourth-order valence-electron chi connectivity index (χ4n) is 2.61. The maximum Gasteiger partial charge on any atom is 0.0214 e. The third-order valence-electron chi connectivity index (χ3n) is 3.71. The number of rotatable bonds is 3. The number of benzene rings is 1. The van der Waals surface area contributed by atoms with Crippen LogP contribution in [0.15, 0.2) is 24.3 Å². The number of hydrogen-bond acceptors (Lipinski definition) is 0. The van der Waals surface area contributed by atoms with Crippen LogP contribution in [0.5, 0.6) is 0 Å². The molecule has 1 fully saturated rings. The Labute approximate surface area is 108 Å². The first kappa shape index (κ1) is 12.2. The summed E-state index contributed by atoms with van der Waals surface area (Å²) < 4.78 is 0. The summed E-state index contributed by atoms with van der Waals surface area (Å²) in [6.07, 6.45) is 8.33. The van der Waals surface area contributed by atoms with Crippen LogP contribution in [0, 0.1) is 12.8 Å². The third-order valence-corrected chi connectivity index (χ3v) is 4.78. The fourth-order valence-corrected chi connectivity index (χ4v) is 3.51. The lowest BCUT2D eigenvalue weighted by molar-refractivity contribution is 0.350. The summed E-state index contributed by atoms with van der Waals surface area (Å²) in [4.78, 5) is 0.676. The molecule has 88 valence electrons. The number of halogens is 1. The first-order valence-electron chi connectivity index (χ1n) is 6.45. The number of hydrogen-bond donors (Lipinski definition) is 0. The molecule has 0 amide bonds. The summed E-state index contributed by atoms with van der Waals surface area (Å²) in [7, 11) is 0. The highest BCUT2D eigenvalue weighted by Gasteiger charge is 2.21. The highest BCUT2D eigenvalue weighted by Crippen LogP contribution is 2.31. The molecule has 1 unspecified atom stereocenters. The molecule has 1 atom stereocenters. The molecule has 0 spiro atoms. The molecule has 0 aromatic heterocycles. The molecule has 0 nitrogen and oxygen atoms in total. The van der Waals surface area contributed by atoms with Gasteiger partial charge >= 0.3 is 0 Å². The Bertz CT molecular complexity index is 309. The molecule has 0 saturated heterocycles. The van der Waals surface area contributed by atoms with Gasteiger partial charge in [0.1, 0.15) is 0 Å². The normalized spacial score (nSPS) is 19.6. The molecule has 1 aliphatic carbocycles. The largest absolute Gasteiger partial charge is 0.0884 e. The first-order chi connectivity index (χ1) is 7.75. The van der Waals surface area contributed by atoms with E-state index in [0.717, 1.165) is 5.92 Å². The highest BCUT2D eigenvalue weighted by molar-refractivity contribution is 9.09. The lowest BCUT2D eigenvalue weighted by Crippen LogP contribution is -2.19. The molecule has 16 heavy (non-hydrogen) atoms. The highest BCUT2D eigenvalue weighted by atomic mass is 79.9. The van der Waals surface area contributed by atoms with Crippen molar-refractivity contribution in [1.29, 1.82) is 0 Å². The van der Waals surface area contributed by atoms with Crippen LogP contribution in [0.1, 0.15) is 43.2 Å². The fraction of sp³-hybridized carbons (Fsp3) is 0.600. The Kier molecular flexibility index (Phi) is 4.45. The minimum absolute atomic E-state index is 0.676. The molecule has 0 aliphatic heterocycles. The second-order valence-corrected chi connectivity index (χ2v) is 6.28. The second kappa shape index (κ2) is 5.86. The Morgan fingerprint density at radius 1 is 1.12 bits per heavy atom. The van der Waals surface area contributed by atoms with Gasteiger partial charge in [-0.2, -0.15) is 0 Å². The molecule has 0 bridgehead atoms. The van der Waals surface area contributed by atoms with Gasteiger partial charge in [-0.05, 0) is 37.7 Å². The Hall–Kier alpha value is -0.300. The summed E-state index contributed by atoms with van der Waals surface area (Å²) in [5, 5.41) is 0. The van der Waals surface area contributed by atoms with Crippen molar-refractivity contribution in [2.24, 2.45) is 5.92 Å². The van der Waals surface area contributed by atoms with Gasteiger partial charge in [-0.15, -0.1) is 0 Å². The zero-order valence-electron chi connectivity index (χ0n) is 10.1. The van der Waals surface area contributed by atoms with Gasteiger partial charge in [-0.25, -0.2) is 0 Å². The molecule has 1 aliphatic rings. The van der Waals surface area contributed by atoms with Crippen molar-refractivity contribution >= 4 is 15.9 Å². The average Bonchev–Trinajstić information content (AvgIpc) is 2.33. The van der Waals surface area contributed by atoms with E-state index in [2.05, 4.69) is 47.1 Å². The molecule has 1 aromatic carbocycles. The van der Waals surface area contributed by atoms with E-state index in [1.807, 2.05) is 0 Å². The van der Waals surface area contributed by atoms with E-state index in [4.69, 9.17) is 0 Å². The number of alkyl halides is 1. The predicted molar refractivity (Wildman–Crippen MR) is 74.2 cm³/mol. The summed E-state index contributed by atoms with van der Waals surface area (Å²) >= 11 is 3.89. The smallest absolute Gasteiger partial charge is 0.0214 e. The van der Waals surface area contributed by atoms with E-state index >= 15 is 0 Å². The first-order valence-corrected chi connectivity index (χ1v) is 7.37. The summed E-state index contributed by atoms with van der Waals surface area (Å²) in [6, 6.07) is 8.98. The molecule has 2 rings (SSSR count). The molecular formula is C15H21Br. The van der Waals surface area contributed by atoms with E-state index in [0.29, 0.717) is 4.83 Å². The second-order valence-electron chi connectivity index (χ2n) is 5.10. The van der Waals surface area contributed by atoms with E-state index < -0.39 is 0 Å². The van der Waals surface area contributed by atoms with Crippen LogP contribution in [0.4, 0.5) is 0 Å². The van der Waals surface area contributed by atoms with Crippen molar-refractivity contribution in [1.82, 2.24) is 0 Å². The zero-order chi connectivity index (χ0) is 11.4. The quantitative estimate of drug-likeness (QED) is 0.692. The van der Waals surface area contributed by atoms with Crippen LogP contribution >= 0.6 is 15.9 Å². The summed E-state index contributed by atoms with van der Waals surface area (Å²) in [6.45, 7) is 2.15. The van der Waals surface area contributed by atoms with Gasteiger partial charge in [0, 0.05) is 4.83 Å². The topological polar surface area (TPSA) is 0 Å². The Morgan fingerprint density at radius 2 is 1.75 bits per heavy atom. The van der Waals surface area contributed by atoms with Crippen LogP contribution in [0.25, 0.3) is 0 Å². The van der Waals surface area contributed by atoms with Crippen molar-refractivity contribution in [3.05, 3.63) is 35.4 Å². The van der Waals surface area contributed by atoms with Gasteiger partial charge in [0.25, 0.3) is 0 Å². The maximum atomic E-state index is 3.89. The standard InChI is InChI=1S/C15H21Br/c1-12-7-9-13(10-8-12)11-15(16)14-5-3-2-4-6-14/h7-10,14-15H,2-6,11H2,1H3. The SMILES string of the molecule is Cc1ccc(CC(Br)C2CCCCC2)cc1. The van der Waals surface area contributed by atoms with Gasteiger partial charge in [0.05, 0.1) is 0 Å². The van der Waals surface area contributed by atoms with Gasteiger partial charge < -0.3 is 0 Å². The van der Waals surface area contributed by atoms with Crippen LogP contribution < -0.4 is 0 Å². The van der Waals surface area contributed by atoms with Crippen molar-refractivity contribution in [2.45, 2.75) is 50.3 Å². The monoisotopic (exact) mass is 280 g/mol. The summed E-state index contributed by atoms with van der Waals surface area (Å²) in [5.41, 5.74) is 2.82. The van der Waals surface area contributed by atoms with E-state index in [1.165, 1.54) is 49.7 Å². The van der Waals surface area contributed by atoms with Crippen LogP contribution in [-0.2, 0) is 6.42 Å². The van der Waals surface area contributed by atoms with E-state index in [-0.39, 0.29) is 0 Å². The predicted octanol–water partition coefficient (Wildman–Crippen LogP) is 4.88. The maximum absolute atomic E-state index is 3.89. The van der Waals surface area contributed by atoms with Gasteiger partial charge in [-0.3, -0.25) is 0 Å². The average molecular weight is 281 g/mol. The zero-order valence-corrected chi connectivity index (χ0v) is 11.7. The van der Waals surface area contributed by atoms with Gasteiger partial charge in [-0.1, -0.05) is 65.0 Å². The van der Waals surface area contributed by atoms with Crippen LogP contribution in [0.2, 0.25) is 0 Å². The Balaban J connectivity index is 1.90. The minimum Gasteiger partial charge on any atom is -0.0884 e. The van der Waals surface area contributed by atoms with Gasteiger partial charge in [0.15, 0.2) is 0 Å². The van der Waals surface area contributed by atoms with Crippen molar-refractivity contribution in [2.75, 3.05) is 0 Å². The lowest BCUT2D eigenvalue weighted by Gasteiger charge is -2.26. The molecular weight excluding hydrogens is 260 g/mol. The molecule has 1 aromatic rings. The van der Waals surface area contributed by atoms with Gasteiger partial charge in [0.2, 0.25) is 0 Å². The Morgan fingerprint density at radius 3 is 2.38 bits per heavy atom. The summed E-state index contributed by atoms with van der Waals surface area (Å²) in [5.74, 6) is 0.898. The number of aryl methyl sites for hydroxylation is 1. The van der Waals surface area contributed by atoms with Crippen LogP contribution in [-0.4, -0.2) is 4.83 Å². The molecule has 0 heterocycles. The van der Waals surface area contributed by atoms with E-state index in [1.54, 1.807) is 0 Å².